The van der Waals surface area contributed by atoms with E-state index in [1.54, 1.807) is 0 Å². The number of halogens is 4. The van der Waals surface area contributed by atoms with E-state index in [9.17, 15) is 28.1 Å². The van der Waals surface area contributed by atoms with Crippen LogP contribution in [0.25, 0.3) is 0 Å². The van der Waals surface area contributed by atoms with E-state index in [0.717, 1.165) is 6.07 Å². The van der Waals surface area contributed by atoms with Crippen LogP contribution in [0, 0.1) is 10.1 Å². The molecule has 1 aliphatic heterocycles. The molecule has 0 spiro atoms. The molecule has 0 bridgehead atoms. The van der Waals surface area contributed by atoms with Crippen LogP contribution < -0.4 is 10.1 Å². The first kappa shape index (κ1) is 20.0. The Hall–Kier alpha value is -2.07. The molecule has 1 fully saturated rings. The fourth-order valence-electron chi connectivity index (χ4n) is 2.23. The monoisotopic (exact) mass is 370 g/mol. The zero-order chi connectivity index (χ0) is 17.2. The SMILES string of the molecule is COC(=O)C1CC(Oc2ccc(C(F)(F)F)cc2[N+](=O)[O-])CN1.Cl. The molecule has 1 N–H and O–H groups in total. The number of benzene rings is 1. The van der Waals surface area contributed by atoms with Crippen LogP contribution in [0.5, 0.6) is 5.75 Å². The number of alkyl halides is 3. The molecule has 2 atom stereocenters. The van der Waals surface area contributed by atoms with Crippen molar-refractivity contribution < 1.29 is 32.4 Å². The summed E-state index contributed by atoms with van der Waals surface area (Å²) in [6.45, 7) is 0.220. The minimum Gasteiger partial charge on any atom is -0.482 e. The first-order valence-corrected chi connectivity index (χ1v) is 6.56. The Morgan fingerprint density at radius 1 is 1.42 bits per heavy atom. The van der Waals surface area contributed by atoms with Gasteiger partial charge in [-0.1, -0.05) is 0 Å². The normalized spacial score (nSPS) is 20.2. The van der Waals surface area contributed by atoms with Crippen molar-refractivity contribution in [2.24, 2.45) is 0 Å². The molecular weight excluding hydrogens is 357 g/mol. The van der Waals surface area contributed by atoms with Gasteiger partial charge in [-0.3, -0.25) is 14.9 Å². The molecule has 1 aromatic rings. The Morgan fingerprint density at radius 3 is 2.62 bits per heavy atom. The Bertz CT molecular complexity index is 626. The highest BCUT2D eigenvalue weighted by atomic mass is 35.5. The number of hydrogen-bond donors (Lipinski definition) is 1. The third-order valence-electron chi connectivity index (χ3n) is 3.35. The molecule has 1 heterocycles. The summed E-state index contributed by atoms with van der Waals surface area (Å²) in [6.07, 6.45) is -5.08. The number of nitro benzene ring substituents is 1. The highest BCUT2D eigenvalue weighted by Crippen LogP contribution is 2.36. The maximum Gasteiger partial charge on any atom is 0.416 e. The number of rotatable bonds is 4. The number of esters is 1. The van der Waals surface area contributed by atoms with Gasteiger partial charge in [-0.05, 0) is 12.1 Å². The number of ether oxygens (including phenoxy) is 2. The molecule has 2 rings (SSSR count). The lowest BCUT2D eigenvalue weighted by atomic mass is 10.1. The Kier molecular flexibility index (Phi) is 6.38. The second-order valence-electron chi connectivity index (χ2n) is 4.90. The summed E-state index contributed by atoms with van der Waals surface area (Å²) >= 11 is 0. The van der Waals surface area contributed by atoms with Crippen molar-refractivity contribution in [2.75, 3.05) is 13.7 Å². The molecule has 1 aliphatic rings. The summed E-state index contributed by atoms with van der Waals surface area (Å²) in [6, 6.07) is 1.43. The number of hydrogen-bond acceptors (Lipinski definition) is 6. The molecule has 11 heteroatoms. The van der Waals surface area contributed by atoms with Crippen LogP contribution in [-0.2, 0) is 15.7 Å². The van der Waals surface area contributed by atoms with Gasteiger partial charge in [0.1, 0.15) is 12.1 Å². The number of nitro groups is 1. The largest absolute Gasteiger partial charge is 0.482 e. The Balaban J connectivity index is 0.00000288. The second kappa shape index (κ2) is 7.67. The minimum absolute atomic E-state index is 0. The van der Waals surface area contributed by atoms with Crippen LogP contribution >= 0.6 is 12.4 Å². The van der Waals surface area contributed by atoms with E-state index in [1.165, 1.54) is 7.11 Å². The molecule has 1 saturated heterocycles. The Labute approximate surface area is 140 Å². The van der Waals surface area contributed by atoms with Crippen molar-refractivity contribution in [3.63, 3.8) is 0 Å². The second-order valence-corrected chi connectivity index (χ2v) is 4.90. The van der Waals surface area contributed by atoms with Crippen molar-refractivity contribution in [2.45, 2.75) is 24.7 Å². The van der Waals surface area contributed by atoms with Gasteiger partial charge in [-0.15, -0.1) is 12.4 Å². The summed E-state index contributed by atoms with van der Waals surface area (Å²) in [7, 11) is 1.22. The molecule has 24 heavy (non-hydrogen) atoms. The van der Waals surface area contributed by atoms with Crippen LogP contribution in [0.4, 0.5) is 18.9 Å². The number of methoxy groups -OCH3 is 1. The lowest BCUT2D eigenvalue weighted by Crippen LogP contribution is -2.31. The summed E-state index contributed by atoms with van der Waals surface area (Å²) < 4.78 is 47.8. The maximum atomic E-state index is 12.6. The first-order chi connectivity index (χ1) is 10.7. The van der Waals surface area contributed by atoms with Crippen LogP contribution in [0.1, 0.15) is 12.0 Å². The molecule has 1 aromatic carbocycles. The number of carbonyl (C=O) groups excluding carboxylic acids is 1. The van der Waals surface area contributed by atoms with E-state index < -0.39 is 40.5 Å². The van der Waals surface area contributed by atoms with Crippen LogP contribution in [0.3, 0.4) is 0 Å². The van der Waals surface area contributed by atoms with Gasteiger partial charge in [0.2, 0.25) is 0 Å². The highest BCUT2D eigenvalue weighted by molar-refractivity contribution is 5.85. The van der Waals surface area contributed by atoms with Gasteiger partial charge in [0, 0.05) is 19.0 Å². The molecule has 0 amide bonds. The molecule has 0 saturated carbocycles. The molecule has 134 valence electrons. The average molecular weight is 371 g/mol. The highest BCUT2D eigenvalue weighted by Gasteiger charge is 2.35. The van der Waals surface area contributed by atoms with Crippen molar-refractivity contribution in [1.29, 1.82) is 0 Å². The number of nitrogens with one attached hydrogen (secondary N) is 1. The van der Waals surface area contributed by atoms with E-state index in [-0.39, 0.29) is 31.1 Å². The van der Waals surface area contributed by atoms with Crippen LogP contribution in [0.2, 0.25) is 0 Å². The fourth-order valence-corrected chi connectivity index (χ4v) is 2.23. The van der Waals surface area contributed by atoms with Gasteiger partial charge in [-0.2, -0.15) is 13.2 Å². The number of carbonyl (C=O) groups is 1. The lowest BCUT2D eigenvalue weighted by Gasteiger charge is -2.14. The van der Waals surface area contributed by atoms with Crippen molar-refractivity contribution in [1.82, 2.24) is 5.32 Å². The zero-order valence-electron chi connectivity index (χ0n) is 12.3. The van der Waals surface area contributed by atoms with Gasteiger partial charge in [0.25, 0.3) is 0 Å². The van der Waals surface area contributed by atoms with Crippen molar-refractivity contribution in [3.8, 4) is 5.75 Å². The fraction of sp³-hybridized carbons (Fsp3) is 0.462. The predicted molar refractivity (Wildman–Crippen MR) is 78.2 cm³/mol. The quantitative estimate of drug-likeness (QED) is 0.497. The smallest absolute Gasteiger partial charge is 0.416 e. The van der Waals surface area contributed by atoms with Gasteiger partial charge in [-0.25, -0.2) is 0 Å². The summed E-state index contributed by atoms with van der Waals surface area (Å²) in [5.74, 6) is -0.779. The summed E-state index contributed by atoms with van der Waals surface area (Å²) in [5, 5.41) is 13.8. The molecule has 0 aliphatic carbocycles. The van der Waals surface area contributed by atoms with Gasteiger partial charge < -0.3 is 14.8 Å². The van der Waals surface area contributed by atoms with Crippen molar-refractivity contribution >= 4 is 24.1 Å². The van der Waals surface area contributed by atoms with Gasteiger partial charge >= 0.3 is 17.8 Å². The molecule has 7 nitrogen and oxygen atoms in total. The minimum atomic E-state index is -4.69. The Morgan fingerprint density at radius 2 is 2.08 bits per heavy atom. The standard InChI is InChI=1S/C13H13F3N2O5.ClH/c1-22-12(19)9-5-8(6-17-9)23-11-3-2-7(13(14,15)16)4-10(11)18(20)21;/h2-4,8-9,17H,5-6H2,1H3;1H. The maximum absolute atomic E-state index is 12.6. The topological polar surface area (TPSA) is 90.7 Å². The van der Waals surface area contributed by atoms with Crippen LogP contribution in [0.15, 0.2) is 18.2 Å². The zero-order valence-corrected chi connectivity index (χ0v) is 13.1. The third kappa shape index (κ3) is 4.48. The third-order valence-corrected chi connectivity index (χ3v) is 3.35. The van der Waals surface area contributed by atoms with Gasteiger partial charge in [0.05, 0.1) is 17.6 Å². The first-order valence-electron chi connectivity index (χ1n) is 6.56. The summed E-state index contributed by atoms with van der Waals surface area (Å²) in [4.78, 5) is 21.4. The number of nitrogens with zero attached hydrogens (tertiary/aromatic N) is 1. The molecular formula is C13H14ClF3N2O5. The van der Waals surface area contributed by atoms with Crippen molar-refractivity contribution in [3.05, 3.63) is 33.9 Å². The molecule has 0 radical (unpaired) electrons. The summed E-state index contributed by atoms with van der Waals surface area (Å²) in [5.41, 5.74) is -1.91. The van der Waals surface area contributed by atoms with E-state index in [4.69, 9.17) is 4.74 Å². The molecule has 2 unspecified atom stereocenters. The van der Waals surface area contributed by atoms with E-state index >= 15 is 0 Å². The molecule has 0 aromatic heterocycles. The van der Waals surface area contributed by atoms with Gasteiger partial charge in [0.15, 0.2) is 5.75 Å². The van der Waals surface area contributed by atoms with E-state index in [0.29, 0.717) is 12.1 Å². The van der Waals surface area contributed by atoms with E-state index in [1.807, 2.05) is 0 Å². The van der Waals surface area contributed by atoms with Crippen LogP contribution in [-0.4, -0.2) is 36.7 Å². The van der Waals surface area contributed by atoms with E-state index in [2.05, 4.69) is 10.1 Å². The lowest BCUT2D eigenvalue weighted by molar-refractivity contribution is -0.386. The predicted octanol–water partition coefficient (Wildman–Crippen LogP) is 2.32. The average Bonchev–Trinajstić information content (AvgIpc) is 2.94.